The van der Waals surface area contributed by atoms with Crippen molar-refractivity contribution in [3.8, 4) is 11.8 Å². The zero-order valence-corrected chi connectivity index (χ0v) is 15.2. The van der Waals surface area contributed by atoms with E-state index in [9.17, 15) is 4.79 Å². The summed E-state index contributed by atoms with van der Waals surface area (Å²) in [4.78, 5) is 15.3. The largest absolute Gasteiger partial charge is 0.471 e. The van der Waals surface area contributed by atoms with Gasteiger partial charge in [0.25, 0.3) is 6.02 Å². The zero-order valence-electron chi connectivity index (χ0n) is 15.2. The van der Waals surface area contributed by atoms with Crippen LogP contribution in [-0.2, 0) is 20.7 Å². The second-order valence-electron chi connectivity index (χ2n) is 6.22. The minimum absolute atomic E-state index is 0.124. The highest BCUT2D eigenvalue weighted by atomic mass is 16.5. The Labute approximate surface area is 157 Å². The number of hydrogen-bond donors (Lipinski definition) is 1. The lowest BCUT2D eigenvalue weighted by Crippen LogP contribution is -2.22. The van der Waals surface area contributed by atoms with Crippen LogP contribution in [0, 0.1) is 11.8 Å². The molecule has 0 amide bonds. The van der Waals surface area contributed by atoms with Gasteiger partial charge >= 0.3 is 5.97 Å². The van der Waals surface area contributed by atoms with Crippen LogP contribution in [-0.4, -0.2) is 25.6 Å². The van der Waals surface area contributed by atoms with Gasteiger partial charge < -0.3 is 24.0 Å². The number of furan rings is 2. The normalized spacial score (nSPS) is 15.6. The topological polar surface area (TPSA) is 100 Å². The molecule has 0 aromatic carbocycles. The molecule has 0 spiro atoms. The van der Waals surface area contributed by atoms with Gasteiger partial charge in [-0.3, -0.25) is 4.79 Å². The Balaban J connectivity index is 1.57. The molecule has 7 heteroatoms. The lowest BCUT2D eigenvalue weighted by atomic mass is 9.97. The van der Waals surface area contributed by atoms with Crippen LogP contribution in [0.5, 0.6) is 0 Å². The molecule has 2 N–H and O–H groups in total. The molecular weight excluding hydrogens is 348 g/mol. The first-order valence-electron chi connectivity index (χ1n) is 8.84. The summed E-state index contributed by atoms with van der Waals surface area (Å²) in [5.41, 5.74) is 9.35. The Morgan fingerprint density at radius 1 is 1.19 bits per heavy atom. The molecule has 0 bridgehead atoms. The van der Waals surface area contributed by atoms with Crippen molar-refractivity contribution in [2.45, 2.75) is 38.2 Å². The Morgan fingerprint density at radius 3 is 2.81 bits per heavy atom. The van der Waals surface area contributed by atoms with Gasteiger partial charge in [0.05, 0.1) is 30.8 Å². The Hall–Kier alpha value is -3.14. The smallest absolute Gasteiger partial charge is 0.305 e. The number of fused-ring (bicyclic) bond motifs is 2. The van der Waals surface area contributed by atoms with Crippen molar-refractivity contribution in [3.05, 3.63) is 47.3 Å². The van der Waals surface area contributed by atoms with Crippen molar-refractivity contribution >= 4 is 12.0 Å². The molecule has 0 saturated carbocycles. The summed E-state index contributed by atoms with van der Waals surface area (Å²) in [6, 6.07) is 0.124. The van der Waals surface area contributed by atoms with Gasteiger partial charge in [0.1, 0.15) is 18.6 Å². The van der Waals surface area contributed by atoms with Gasteiger partial charge in [0.2, 0.25) is 0 Å². The lowest BCUT2D eigenvalue weighted by molar-refractivity contribution is -0.140. The van der Waals surface area contributed by atoms with Gasteiger partial charge in [-0.25, -0.2) is 4.99 Å². The van der Waals surface area contributed by atoms with E-state index >= 15 is 0 Å². The van der Waals surface area contributed by atoms with Crippen LogP contribution in [0.4, 0.5) is 0 Å². The van der Waals surface area contributed by atoms with E-state index in [1.807, 2.05) is 0 Å². The quantitative estimate of drug-likeness (QED) is 0.264. The maximum absolute atomic E-state index is 11.1. The molecule has 7 nitrogen and oxygen atoms in total. The number of nitrogens with zero attached hydrogens (tertiary/aromatic N) is 1. The Morgan fingerprint density at radius 2 is 1.96 bits per heavy atom. The van der Waals surface area contributed by atoms with E-state index in [-0.39, 0.29) is 18.1 Å². The molecule has 0 aliphatic heterocycles. The van der Waals surface area contributed by atoms with Crippen molar-refractivity contribution in [2.75, 3.05) is 13.7 Å². The third kappa shape index (κ3) is 4.94. The number of hydrogen-bond acceptors (Lipinski definition) is 6. The predicted octanol–water partition coefficient (Wildman–Crippen LogP) is 2.93. The number of amidine groups is 1. The molecule has 1 aliphatic rings. The van der Waals surface area contributed by atoms with Crippen LogP contribution >= 0.6 is 0 Å². The van der Waals surface area contributed by atoms with Gasteiger partial charge in [-0.2, -0.15) is 0 Å². The van der Waals surface area contributed by atoms with E-state index < -0.39 is 0 Å². The third-order valence-electron chi connectivity index (χ3n) is 4.32. The third-order valence-corrected chi connectivity index (χ3v) is 4.32. The lowest BCUT2D eigenvalue weighted by Gasteiger charge is -2.18. The van der Waals surface area contributed by atoms with Crippen LogP contribution in [0.1, 0.15) is 54.0 Å². The molecule has 2 heterocycles. The van der Waals surface area contributed by atoms with Gasteiger partial charge in [0.15, 0.2) is 0 Å². The van der Waals surface area contributed by atoms with Crippen molar-refractivity contribution in [1.82, 2.24) is 0 Å². The fourth-order valence-electron chi connectivity index (χ4n) is 2.83. The maximum Gasteiger partial charge on any atom is 0.305 e. The van der Waals surface area contributed by atoms with Gasteiger partial charge in [0, 0.05) is 30.5 Å². The van der Waals surface area contributed by atoms with Crippen LogP contribution in [0.2, 0.25) is 0 Å². The highest BCUT2D eigenvalue weighted by Crippen LogP contribution is 2.29. The number of aliphatic imine (C=N–C) groups is 1. The number of unbranched alkanes of at least 4 members (excludes halogenated alkanes) is 2. The molecule has 142 valence electrons. The minimum atomic E-state index is -0.354. The first-order chi connectivity index (χ1) is 13.2. The molecule has 2 aromatic rings. The predicted molar refractivity (Wildman–Crippen MR) is 97.9 cm³/mol. The summed E-state index contributed by atoms with van der Waals surface area (Å²) in [7, 11) is 1.39. The second kappa shape index (κ2) is 8.99. The molecule has 3 rings (SSSR count). The summed E-state index contributed by atoms with van der Waals surface area (Å²) in [5, 5.41) is 0. The van der Waals surface area contributed by atoms with Crippen molar-refractivity contribution < 1.29 is 23.1 Å². The summed E-state index contributed by atoms with van der Waals surface area (Å²) in [6.07, 6.45) is 9.59. The first kappa shape index (κ1) is 18.6. The number of carbonyl (C=O) groups excluding carboxylic acids is 1. The number of esters is 1. The van der Waals surface area contributed by atoms with Crippen molar-refractivity contribution in [1.29, 1.82) is 0 Å². The number of methoxy groups -OCH3 is 1. The number of nitrogens with two attached hydrogens (primary N) is 1. The molecule has 1 atom stereocenters. The molecule has 1 aliphatic carbocycles. The van der Waals surface area contributed by atoms with E-state index in [2.05, 4.69) is 21.6 Å². The van der Waals surface area contributed by atoms with Crippen molar-refractivity contribution in [3.63, 3.8) is 0 Å². The average Bonchev–Trinajstić information content (AvgIpc) is 3.29. The SMILES string of the molecule is COC(=O)CCCCCN=C(N)OC1Cc2cocc2C#Cc2cocc21. The first-order valence-corrected chi connectivity index (χ1v) is 8.84. The summed E-state index contributed by atoms with van der Waals surface area (Å²) < 4.78 is 21.0. The summed E-state index contributed by atoms with van der Waals surface area (Å²) >= 11 is 0. The number of rotatable bonds is 7. The van der Waals surface area contributed by atoms with E-state index in [0.29, 0.717) is 19.4 Å². The van der Waals surface area contributed by atoms with Crippen LogP contribution in [0.15, 0.2) is 38.9 Å². The van der Waals surface area contributed by atoms with Crippen LogP contribution < -0.4 is 5.73 Å². The highest BCUT2D eigenvalue weighted by molar-refractivity contribution is 5.72. The minimum Gasteiger partial charge on any atom is -0.471 e. The number of carbonyl (C=O) groups is 1. The Kier molecular flexibility index (Phi) is 6.21. The number of ether oxygens (including phenoxy) is 2. The fourth-order valence-corrected chi connectivity index (χ4v) is 2.83. The highest BCUT2D eigenvalue weighted by Gasteiger charge is 2.23. The molecular formula is C20H22N2O5. The standard InChI is InChI=1S/C20H22N2O5/c1-24-19(23)5-3-2-4-8-22-20(21)27-18-9-16-12-25-10-14(16)6-7-15-11-26-13-17(15)18/h10-13,18H,2-5,8-9H2,1H3,(H2,21,22). The molecule has 2 aromatic heterocycles. The van der Waals surface area contributed by atoms with Gasteiger partial charge in [-0.05, 0) is 12.8 Å². The monoisotopic (exact) mass is 370 g/mol. The summed E-state index contributed by atoms with van der Waals surface area (Å²) in [6.45, 7) is 0.536. The average molecular weight is 370 g/mol. The van der Waals surface area contributed by atoms with Crippen LogP contribution in [0.3, 0.4) is 0 Å². The van der Waals surface area contributed by atoms with E-state index in [4.69, 9.17) is 19.3 Å². The molecule has 27 heavy (non-hydrogen) atoms. The van der Waals surface area contributed by atoms with Gasteiger partial charge in [-0.15, -0.1) is 0 Å². The Bertz CT molecular complexity index is 868. The summed E-state index contributed by atoms with van der Waals surface area (Å²) in [5.74, 6) is 5.95. The fraction of sp³-hybridized carbons (Fsp3) is 0.400. The van der Waals surface area contributed by atoms with E-state index in [1.165, 1.54) is 7.11 Å². The van der Waals surface area contributed by atoms with E-state index in [0.717, 1.165) is 41.5 Å². The van der Waals surface area contributed by atoms with Crippen molar-refractivity contribution in [2.24, 2.45) is 10.7 Å². The molecule has 0 fully saturated rings. The molecule has 0 saturated heterocycles. The van der Waals surface area contributed by atoms with E-state index in [1.54, 1.807) is 25.1 Å². The zero-order chi connectivity index (χ0) is 19.1. The molecule has 1 unspecified atom stereocenters. The second-order valence-corrected chi connectivity index (χ2v) is 6.22. The maximum atomic E-state index is 11.1. The van der Waals surface area contributed by atoms with Gasteiger partial charge in [-0.1, -0.05) is 18.3 Å². The van der Waals surface area contributed by atoms with Crippen LogP contribution in [0.25, 0.3) is 0 Å². The molecule has 0 radical (unpaired) electrons.